The molecule has 1 spiro atoms. The zero-order chi connectivity index (χ0) is 24.0. The summed E-state index contributed by atoms with van der Waals surface area (Å²) in [7, 11) is 0. The van der Waals surface area contributed by atoms with Gasteiger partial charge in [0, 0.05) is 27.2 Å². The van der Waals surface area contributed by atoms with Crippen molar-refractivity contribution in [3.05, 3.63) is 104 Å². The number of hydrogen-bond acceptors (Lipinski definition) is 5. The van der Waals surface area contributed by atoms with Crippen LogP contribution >= 0.6 is 23.2 Å². The zero-order valence-corrected chi connectivity index (χ0v) is 19.6. The molecule has 174 valence electrons. The lowest BCUT2D eigenvalue weighted by Crippen LogP contribution is -2.54. The minimum Gasteiger partial charge on any atom is -0.487 e. The van der Waals surface area contributed by atoms with Gasteiger partial charge in [-0.15, -0.1) is 0 Å². The first kappa shape index (κ1) is 22.7. The van der Waals surface area contributed by atoms with Crippen LogP contribution in [0, 0.1) is 10.1 Å². The summed E-state index contributed by atoms with van der Waals surface area (Å²) in [5.41, 5.74) is 1.31. The number of carbonyl (C=O) groups is 1. The van der Waals surface area contributed by atoms with Gasteiger partial charge in [0.15, 0.2) is 5.54 Å². The van der Waals surface area contributed by atoms with Crippen LogP contribution in [0.25, 0.3) is 0 Å². The lowest BCUT2D eigenvalue weighted by molar-refractivity contribution is -0.532. The Morgan fingerprint density at radius 3 is 2.53 bits per heavy atom. The Kier molecular flexibility index (Phi) is 5.72. The number of nitrogens with one attached hydrogen (secondary N) is 2. The van der Waals surface area contributed by atoms with E-state index in [9.17, 15) is 14.9 Å². The number of amides is 1. The Morgan fingerprint density at radius 1 is 1.09 bits per heavy atom. The molecule has 0 saturated carbocycles. The van der Waals surface area contributed by atoms with Crippen LogP contribution in [0.15, 0.2) is 66.7 Å². The molecule has 34 heavy (non-hydrogen) atoms. The molecule has 0 radical (unpaired) electrons. The molecule has 7 nitrogen and oxygen atoms in total. The SMILES string of the molecule is C[C@@H]1N[C@]2(C(=O)Nc3ccccc32)[C@@H]([N+](=O)[O-])[C@@H]1c1ccc(OCc2ccc(Cl)cc2)c(Cl)c1. The molecule has 0 unspecified atom stereocenters. The first-order valence-corrected chi connectivity index (χ1v) is 11.6. The first-order chi connectivity index (χ1) is 16.3. The minimum atomic E-state index is -1.46. The molecule has 5 rings (SSSR count). The summed E-state index contributed by atoms with van der Waals surface area (Å²) in [6, 6.07) is 18.0. The fourth-order valence-corrected chi connectivity index (χ4v) is 5.51. The average molecular weight is 498 g/mol. The summed E-state index contributed by atoms with van der Waals surface area (Å²) in [4.78, 5) is 25.2. The van der Waals surface area contributed by atoms with Crippen molar-refractivity contribution in [1.82, 2.24) is 5.32 Å². The topological polar surface area (TPSA) is 93.5 Å². The van der Waals surface area contributed by atoms with Gasteiger partial charge in [0.2, 0.25) is 0 Å². The van der Waals surface area contributed by atoms with E-state index in [-0.39, 0.29) is 11.0 Å². The molecule has 2 N–H and O–H groups in total. The van der Waals surface area contributed by atoms with Crippen molar-refractivity contribution in [2.45, 2.75) is 37.1 Å². The summed E-state index contributed by atoms with van der Waals surface area (Å²) in [5, 5.41) is 19.5. The third-order valence-electron chi connectivity index (χ3n) is 6.61. The second kappa shape index (κ2) is 8.58. The van der Waals surface area contributed by atoms with Crippen LogP contribution in [0.2, 0.25) is 10.0 Å². The highest BCUT2D eigenvalue weighted by Crippen LogP contribution is 2.50. The standard InChI is InChI=1S/C25H21Cl2N3O4/c1-14-22(16-8-11-21(19(27)12-16)34-13-15-6-9-17(26)10-7-15)23(30(32)33)25(29-14)18-4-2-3-5-20(18)28-24(25)31/h2-12,14,22-23,29H,13H2,1H3,(H,28,31)/t14-,22-,23-,25-/m0/s1. The Bertz CT molecular complexity index is 1280. The minimum absolute atomic E-state index is 0.301. The molecule has 0 bridgehead atoms. The third kappa shape index (κ3) is 3.60. The van der Waals surface area contributed by atoms with Gasteiger partial charge in [-0.05, 0) is 48.4 Å². The highest BCUT2D eigenvalue weighted by molar-refractivity contribution is 6.32. The van der Waals surface area contributed by atoms with Gasteiger partial charge in [0.25, 0.3) is 11.9 Å². The van der Waals surface area contributed by atoms with E-state index >= 15 is 0 Å². The molecule has 1 fully saturated rings. The van der Waals surface area contributed by atoms with Crippen LogP contribution in [0.1, 0.15) is 29.5 Å². The molecule has 2 aliphatic heterocycles. The second-order valence-electron chi connectivity index (χ2n) is 8.60. The van der Waals surface area contributed by atoms with Crippen LogP contribution in [0.4, 0.5) is 5.69 Å². The van der Waals surface area contributed by atoms with Gasteiger partial charge in [-0.25, -0.2) is 0 Å². The molecule has 0 aliphatic carbocycles. The van der Waals surface area contributed by atoms with Crippen molar-refractivity contribution < 1.29 is 14.5 Å². The largest absolute Gasteiger partial charge is 0.487 e. The van der Waals surface area contributed by atoms with Gasteiger partial charge in [-0.2, -0.15) is 0 Å². The maximum Gasteiger partial charge on any atom is 0.256 e. The maximum atomic E-state index is 13.1. The highest BCUT2D eigenvalue weighted by Gasteiger charge is 2.67. The van der Waals surface area contributed by atoms with Gasteiger partial charge >= 0.3 is 0 Å². The lowest BCUT2D eigenvalue weighted by atomic mass is 9.78. The van der Waals surface area contributed by atoms with E-state index in [4.69, 9.17) is 27.9 Å². The molecule has 2 aliphatic rings. The Morgan fingerprint density at radius 2 is 1.82 bits per heavy atom. The van der Waals surface area contributed by atoms with Crippen LogP contribution in [-0.2, 0) is 16.9 Å². The fourth-order valence-electron chi connectivity index (χ4n) is 5.14. The van der Waals surface area contributed by atoms with E-state index in [1.165, 1.54) is 0 Å². The maximum absolute atomic E-state index is 13.1. The molecule has 3 aromatic rings. The molecule has 2 heterocycles. The van der Waals surface area contributed by atoms with Gasteiger partial charge in [0.1, 0.15) is 12.4 Å². The molecule has 1 amide bonds. The van der Waals surface area contributed by atoms with Crippen molar-refractivity contribution in [3.8, 4) is 5.75 Å². The van der Waals surface area contributed by atoms with Crippen molar-refractivity contribution in [3.63, 3.8) is 0 Å². The Labute approximate surface area is 206 Å². The highest BCUT2D eigenvalue weighted by atomic mass is 35.5. The Hall–Kier alpha value is -3.13. The summed E-state index contributed by atoms with van der Waals surface area (Å²) in [6.07, 6.45) is 0. The van der Waals surface area contributed by atoms with Crippen LogP contribution in [0.3, 0.4) is 0 Å². The van der Waals surface area contributed by atoms with Crippen molar-refractivity contribution in [1.29, 1.82) is 0 Å². The van der Waals surface area contributed by atoms with Gasteiger partial charge in [-0.3, -0.25) is 20.2 Å². The number of fused-ring (bicyclic) bond motifs is 2. The van der Waals surface area contributed by atoms with Crippen molar-refractivity contribution in [2.75, 3.05) is 5.32 Å². The lowest BCUT2D eigenvalue weighted by Gasteiger charge is -2.25. The summed E-state index contributed by atoms with van der Waals surface area (Å²) < 4.78 is 5.85. The number of para-hydroxylation sites is 1. The summed E-state index contributed by atoms with van der Waals surface area (Å²) >= 11 is 12.4. The quantitative estimate of drug-likeness (QED) is 0.375. The molecular weight excluding hydrogens is 477 g/mol. The summed E-state index contributed by atoms with van der Waals surface area (Å²) in [6.45, 7) is 2.15. The molecular formula is C25H21Cl2N3O4. The van der Waals surface area contributed by atoms with Gasteiger partial charge in [0.05, 0.1) is 10.9 Å². The number of halogens is 2. The molecule has 4 atom stereocenters. The smallest absolute Gasteiger partial charge is 0.256 e. The predicted molar refractivity (Wildman–Crippen MR) is 130 cm³/mol. The average Bonchev–Trinajstić information content (AvgIpc) is 3.28. The van der Waals surface area contributed by atoms with Crippen molar-refractivity contribution >= 4 is 34.8 Å². The van der Waals surface area contributed by atoms with Crippen LogP contribution in [-0.4, -0.2) is 22.9 Å². The van der Waals surface area contributed by atoms with E-state index < -0.39 is 23.4 Å². The Balaban J connectivity index is 1.46. The zero-order valence-electron chi connectivity index (χ0n) is 18.1. The first-order valence-electron chi connectivity index (χ1n) is 10.8. The van der Waals surface area contributed by atoms with Crippen LogP contribution in [0.5, 0.6) is 5.75 Å². The third-order valence-corrected chi connectivity index (χ3v) is 7.16. The molecule has 0 aromatic heterocycles. The molecule has 3 aromatic carbocycles. The monoisotopic (exact) mass is 497 g/mol. The molecule has 1 saturated heterocycles. The number of benzene rings is 3. The predicted octanol–water partition coefficient (Wildman–Crippen LogP) is 5.14. The van der Waals surface area contributed by atoms with Crippen LogP contribution < -0.4 is 15.4 Å². The van der Waals surface area contributed by atoms with E-state index in [0.29, 0.717) is 39.2 Å². The number of rotatable bonds is 5. The van der Waals surface area contributed by atoms with Gasteiger partial charge < -0.3 is 10.1 Å². The fraction of sp³-hybridized carbons (Fsp3) is 0.240. The molecule has 9 heteroatoms. The number of carbonyl (C=O) groups excluding carboxylic acids is 1. The number of hydrogen-bond donors (Lipinski definition) is 2. The van der Waals surface area contributed by atoms with E-state index in [2.05, 4.69) is 10.6 Å². The number of nitro groups is 1. The number of anilines is 1. The van der Waals surface area contributed by atoms with Crippen molar-refractivity contribution in [2.24, 2.45) is 0 Å². The van der Waals surface area contributed by atoms with E-state index in [1.54, 1.807) is 54.6 Å². The number of ether oxygens (including phenoxy) is 1. The normalized spacial score (nSPS) is 25.3. The second-order valence-corrected chi connectivity index (χ2v) is 9.45. The summed E-state index contributed by atoms with van der Waals surface area (Å²) in [5.74, 6) is -0.538. The van der Waals surface area contributed by atoms with E-state index in [0.717, 1.165) is 5.56 Å². The van der Waals surface area contributed by atoms with E-state index in [1.807, 2.05) is 19.1 Å². The number of nitrogens with zero attached hydrogens (tertiary/aromatic N) is 1. The van der Waals surface area contributed by atoms with Gasteiger partial charge in [-0.1, -0.05) is 59.6 Å².